The molecule has 6 heteroatoms. The van der Waals surface area contributed by atoms with Crippen LogP contribution in [0.2, 0.25) is 0 Å². The maximum atomic E-state index is 13.4. The third-order valence-electron chi connectivity index (χ3n) is 2.96. The summed E-state index contributed by atoms with van der Waals surface area (Å²) in [6.07, 6.45) is -4.10. The number of halogens is 6. The average molecular weight is 216 g/mol. The Bertz CT molecular complexity index is 291. The summed E-state index contributed by atoms with van der Waals surface area (Å²) in [7, 11) is 0. The van der Waals surface area contributed by atoms with Crippen LogP contribution in [-0.2, 0) is 0 Å². The van der Waals surface area contributed by atoms with E-state index in [2.05, 4.69) is 0 Å². The van der Waals surface area contributed by atoms with E-state index in [4.69, 9.17) is 0 Å². The molecule has 2 rings (SSSR count). The van der Waals surface area contributed by atoms with E-state index in [1.807, 2.05) is 0 Å². The van der Waals surface area contributed by atoms with E-state index in [0.717, 1.165) is 12.2 Å². The Morgan fingerprint density at radius 1 is 1.00 bits per heavy atom. The summed E-state index contributed by atoms with van der Waals surface area (Å²) in [6.45, 7) is 0. The minimum atomic E-state index is -5.51. The highest BCUT2D eigenvalue weighted by Crippen LogP contribution is 2.63. The van der Waals surface area contributed by atoms with Gasteiger partial charge < -0.3 is 0 Å². The van der Waals surface area contributed by atoms with Crippen molar-refractivity contribution in [2.45, 2.75) is 24.2 Å². The van der Waals surface area contributed by atoms with Crippen LogP contribution in [0.3, 0.4) is 0 Å². The number of hydrogen-bond acceptors (Lipinski definition) is 0. The Hall–Kier alpha value is -0.680. The van der Waals surface area contributed by atoms with E-state index < -0.39 is 36.0 Å². The molecule has 2 aliphatic carbocycles. The van der Waals surface area contributed by atoms with Crippen molar-refractivity contribution in [2.75, 3.05) is 0 Å². The zero-order chi connectivity index (χ0) is 10.8. The first-order chi connectivity index (χ1) is 6.21. The molecule has 0 spiro atoms. The molecule has 2 aliphatic rings. The molecular formula is C8H6F6. The van der Waals surface area contributed by atoms with Gasteiger partial charge in [0, 0.05) is 11.8 Å². The van der Waals surface area contributed by atoms with Gasteiger partial charge in [0.05, 0.1) is 0 Å². The van der Waals surface area contributed by atoms with Gasteiger partial charge in [-0.3, -0.25) is 0 Å². The van der Waals surface area contributed by atoms with Crippen LogP contribution in [-0.4, -0.2) is 17.8 Å². The van der Waals surface area contributed by atoms with Crippen molar-refractivity contribution in [1.29, 1.82) is 0 Å². The van der Waals surface area contributed by atoms with Crippen LogP contribution in [0.5, 0.6) is 0 Å². The molecule has 1 saturated carbocycles. The third-order valence-corrected chi connectivity index (χ3v) is 2.96. The Morgan fingerprint density at radius 2 is 1.50 bits per heavy atom. The second-order valence-electron chi connectivity index (χ2n) is 3.67. The molecule has 0 aromatic heterocycles. The average Bonchev–Trinajstić information content (AvgIpc) is 2.52. The third kappa shape index (κ3) is 0.821. The molecule has 1 fully saturated rings. The van der Waals surface area contributed by atoms with Gasteiger partial charge in [0.2, 0.25) is 0 Å². The monoisotopic (exact) mass is 216 g/mol. The van der Waals surface area contributed by atoms with Crippen molar-refractivity contribution < 1.29 is 26.3 Å². The molecule has 0 nitrogen and oxygen atoms in total. The van der Waals surface area contributed by atoms with Crippen LogP contribution >= 0.6 is 0 Å². The first-order valence-corrected chi connectivity index (χ1v) is 4.03. The number of hydrogen-bond donors (Lipinski definition) is 0. The van der Waals surface area contributed by atoms with Crippen LogP contribution in [0.15, 0.2) is 12.2 Å². The quantitative estimate of drug-likeness (QED) is 0.431. The first-order valence-electron chi connectivity index (χ1n) is 4.03. The van der Waals surface area contributed by atoms with Gasteiger partial charge in [-0.1, -0.05) is 12.2 Å². The highest BCUT2D eigenvalue weighted by Gasteiger charge is 2.80. The van der Waals surface area contributed by atoms with Crippen molar-refractivity contribution >= 4 is 0 Å². The molecule has 2 bridgehead atoms. The lowest BCUT2D eigenvalue weighted by molar-refractivity contribution is -0.305. The van der Waals surface area contributed by atoms with Gasteiger partial charge in [-0.2, -0.15) is 13.2 Å². The molecule has 0 N–H and O–H groups in total. The fraction of sp³-hybridized carbons (Fsp3) is 0.750. The molecule has 80 valence electrons. The summed E-state index contributed by atoms with van der Waals surface area (Å²) in [5, 5.41) is 0. The lowest BCUT2D eigenvalue weighted by Crippen LogP contribution is -2.57. The van der Waals surface area contributed by atoms with E-state index in [-0.39, 0.29) is 0 Å². The van der Waals surface area contributed by atoms with E-state index in [1.165, 1.54) is 0 Å². The minimum Gasteiger partial charge on any atom is -0.226 e. The minimum absolute atomic E-state index is 0.455. The maximum Gasteiger partial charge on any atom is 0.429 e. The highest BCUT2D eigenvalue weighted by molar-refractivity contribution is 5.27. The number of alkyl halides is 6. The molecule has 3 unspecified atom stereocenters. The normalized spacial score (nSPS) is 44.7. The van der Waals surface area contributed by atoms with Gasteiger partial charge in [0.25, 0.3) is 11.6 Å². The summed E-state index contributed by atoms with van der Waals surface area (Å²) in [4.78, 5) is 0. The zero-order valence-electron chi connectivity index (χ0n) is 6.78. The van der Waals surface area contributed by atoms with Gasteiger partial charge in [-0.25, -0.2) is 13.2 Å². The molecule has 0 amide bonds. The van der Waals surface area contributed by atoms with Crippen LogP contribution in [0, 0.1) is 11.8 Å². The van der Waals surface area contributed by atoms with Crippen molar-refractivity contribution in [3.05, 3.63) is 12.2 Å². The fourth-order valence-electron chi connectivity index (χ4n) is 2.18. The Labute approximate surface area is 75.6 Å². The topological polar surface area (TPSA) is 0 Å². The van der Waals surface area contributed by atoms with Gasteiger partial charge in [-0.15, -0.1) is 0 Å². The van der Waals surface area contributed by atoms with Gasteiger partial charge in [0.1, 0.15) is 0 Å². The molecule has 0 heterocycles. The summed E-state index contributed by atoms with van der Waals surface area (Å²) in [6, 6.07) is 0. The Balaban J connectivity index is 2.50. The van der Waals surface area contributed by atoms with Gasteiger partial charge in [-0.05, 0) is 6.42 Å². The second kappa shape index (κ2) is 2.28. The SMILES string of the molecule is FC(F)(F)C1(F)C2C=CC(C2)C1(F)F. The highest BCUT2D eigenvalue weighted by atomic mass is 19.4. The number of fused-ring (bicyclic) bond motifs is 2. The molecule has 0 aromatic rings. The Kier molecular flexibility index (Phi) is 1.60. The van der Waals surface area contributed by atoms with Crippen molar-refractivity contribution in [3.63, 3.8) is 0 Å². The van der Waals surface area contributed by atoms with E-state index >= 15 is 0 Å². The predicted octanol–water partition coefficient (Wildman–Crippen LogP) is 3.10. The first kappa shape index (κ1) is 9.86. The van der Waals surface area contributed by atoms with Crippen LogP contribution in [0.25, 0.3) is 0 Å². The smallest absolute Gasteiger partial charge is 0.226 e. The molecule has 14 heavy (non-hydrogen) atoms. The van der Waals surface area contributed by atoms with E-state index in [1.54, 1.807) is 0 Å². The van der Waals surface area contributed by atoms with Crippen LogP contribution < -0.4 is 0 Å². The van der Waals surface area contributed by atoms with Crippen molar-refractivity contribution in [1.82, 2.24) is 0 Å². The molecule has 0 aliphatic heterocycles. The molecule has 3 atom stereocenters. The molecule has 0 saturated heterocycles. The fourth-order valence-corrected chi connectivity index (χ4v) is 2.18. The van der Waals surface area contributed by atoms with Gasteiger partial charge >= 0.3 is 6.18 Å². The Morgan fingerprint density at radius 3 is 1.79 bits per heavy atom. The maximum absolute atomic E-state index is 13.4. The predicted molar refractivity (Wildman–Crippen MR) is 35.6 cm³/mol. The summed E-state index contributed by atoms with van der Waals surface area (Å²) < 4.78 is 76.1. The van der Waals surface area contributed by atoms with Crippen molar-refractivity contribution in [2.24, 2.45) is 11.8 Å². The summed E-state index contributed by atoms with van der Waals surface area (Å²) >= 11 is 0. The van der Waals surface area contributed by atoms with Gasteiger partial charge in [0.15, 0.2) is 0 Å². The number of rotatable bonds is 0. The molecular weight excluding hydrogens is 210 g/mol. The van der Waals surface area contributed by atoms with Crippen LogP contribution in [0.4, 0.5) is 26.3 Å². The largest absolute Gasteiger partial charge is 0.429 e. The zero-order valence-corrected chi connectivity index (χ0v) is 6.78. The van der Waals surface area contributed by atoms with Crippen LogP contribution in [0.1, 0.15) is 6.42 Å². The van der Waals surface area contributed by atoms with Crippen molar-refractivity contribution in [3.8, 4) is 0 Å². The van der Waals surface area contributed by atoms with E-state index in [0.29, 0.717) is 0 Å². The number of allylic oxidation sites excluding steroid dienone is 2. The summed E-state index contributed by atoms with van der Waals surface area (Å²) in [5.41, 5.74) is -4.38. The second-order valence-corrected chi connectivity index (χ2v) is 3.67. The molecule has 0 radical (unpaired) electrons. The van der Waals surface area contributed by atoms with E-state index in [9.17, 15) is 26.3 Å². The lowest BCUT2D eigenvalue weighted by Gasteiger charge is -2.35. The molecule has 0 aromatic carbocycles. The summed E-state index contributed by atoms with van der Waals surface area (Å²) in [5.74, 6) is -7.67. The lowest BCUT2D eigenvalue weighted by atomic mass is 9.86. The standard InChI is InChI=1S/C8H6F6/c9-6(8(12,13)14)4-1-2-5(3-4)7(6,10)11/h1-2,4-5H,3H2.